The number of aryl methyl sites for hydroxylation is 1. The molecule has 0 aliphatic carbocycles. The van der Waals surface area contributed by atoms with Crippen LogP contribution in [0.15, 0.2) is 36.8 Å². The number of pyridine rings is 1. The van der Waals surface area contributed by atoms with Crippen LogP contribution in [0.3, 0.4) is 0 Å². The van der Waals surface area contributed by atoms with Gasteiger partial charge in [-0.3, -0.25) is 14.1 Å². The molecular formula is C26H32N6O. The van der Waals surface area contributed by atoms with Gasteiger partial charge in [-0.25, -0.2) is 0 Å². The third-order valence-corrected chi connectivity index (χ3v) is 7.05. The first-order valence-corrected chi connectivity index (χ1v) is 11.8. The first-order valence-electron chi connectivity index (χ1n) is 11.8. The van der Waals surface area contributed by atoms with E-state index in [1.54, 1.807) is 13.4 Å². The molecule has 0 unspecified atom stereocenters. The van der Waals surface area contributed by atoms with E-state index in [4.69, 9.17) is 0 Å². The molecular weight excluding hydrogens is 412 g/mol. The van der Waals surface area contributed by atoms with Crippen LogP contribution in [0.5, 0.6) is 0 Å². The SMILES string of the molecule is CNC(=O)CN1CCC(c2ccc3[nH]c(-c4cn5cnnc5cc4C)c(C(C)C)c3c2)CC1. The van der Waals surface area contributed by atoms with Crippen molar-refractivity contribution >= 4 is 22.5 Å². The van der Waals surface area contributed by atoms with Crippen molar-refractivity contribution in [2.75, 3.05) is 26.7 Å². The summed E-state index contributed by atoms with van der Waals surface area (Å²) in [5, 5.41) is 12.3. The van der Waals surface area contributed by atoms with Crippen molar-refractivity contribution in [3.05, 3.63) is 53.5 Å². The smallest absolute Gasteiger partial charge is 0.233 e. The molecule has 0 spiro atoms. The number of nitrogens with one attached hydrogen (secondary N) is 2. The molecule has 0 radical (unpaired) electrons. The molecule has 7 nitrogen and oxygen atoms in total. The summed E-state index contributed by atoms with van der Waals surface area (Å²) in [5.41, 5.74) is 8.37. The van der Waals surface area contributed by atoms with E-state index in [1.807, 2.05) is 4.40 Å². The lowest BCUT2D eigenvalue weighted by Gasteiger charge is -2.31. The molecule has 0 bridgehead atoms. The molecule has 1 amide bonds. The second-order valence-electron chi connectivity index (χ2n) is 9.56. The summed E-state index contributed by atoms with van der Waals surface area (Å²) in [7, 11) is 1.70. The zero-order chi connectivity index (χ0) is 23.1. The summed E-state index contributed by atoms with van der Waals surface area (Å²) in [5.74, 6) is 1.01. The van der Waals surface area contributed by atoms with Gasteiger partial charge in [-0.1, -0.05) is 19.9 Å². The fourth-order valence-electron chi connectivity index (χ4n) is 5.23. The highest BCUT2D eigenvalue weighted by Crippen LogP contribution is 2.39. The number of benzene rings is 1. The number of fused-ring (bicyclic) bond motifs is 2. The standard InChI is InChI=1S/C26H32N6O/c1-16(2)25-20-12-19(18-7-9-31(10-8-18)14-24(33)27-4)5-6-22(20)29-26(25)21-13-32-15-28-30-23(32)11-17(21)3/h5-6,11-13,15-16,18,29H,7-10,14H2,1-4H3,(H,27,33). The van der Waals surface area contributed by atoms with Crippen LogP contribution in [0.2, 0.25) is 0 Å². The fraction of sp³-hybridized carbons (Fsp3) is 0.423. The molecule has 5 rings (SSSR count). The quantitative estimate of drug-likeness (QED) is 0.483. The highest BCUT2D eigenvalue weighted by atomic mass is 16.1. The number of likely N-dealkylation sites (tertiary alicyclic amines) is 1. The van der Waals surface area contributed by atoms with Crippen molar-refractivity contribution in [2.24, 2.45) is 0 Å². The molecule has 2 N–H and O–H groups in total. The van der Waals surface area contributed by atoms with Gasteiger partial charge in [-0.15, -0.1) is 10.2 Å². The summed E-state index contributed by atoms with van der Waals surface area (Å²) in [4.78, 5) is 17.7. The van der Waals surface area contributed by atoms with E-state index in [0.717, 1.165) is 31.6 Å². The molecule has 4 heterocycles. The second kappa shape index (κ2) is 8.63. The van der Waals surface area contributed by atoms with Crippen molar-refractivity contribution in [2.45, 2.75) is 45.4 Å². The zero-order valence-corrected chi connectivity index (χ0v) is 19.9. The van der Waals surface area contributed by atoms with Gasteiger partial charge in [-0.05, 0) is 79.6 Å². The summed E-state index contributed by atoms with van der Waals surface area (Å²) >= 11 is 0. The highest BCUT2D eigenvalue weighted by molar-refractivity contribution is 5.92. The van der Waals surface area contributed by atoms with E-state index >= 15 is 0 Å². The number of likely N-dealkylation sites (N-methyl/N-ethyl adjacent to an activating group) is 1. The first kappa shape index (κ1) is 21.6. The summed E-state index contributed by atoms with van der Waals surface area (Å²) in [6.45, 7) is 9.09. The summed E-state index contributed by atoms with van der Waals surface area (Å²) in [6, 6.07) is 9.01. The Balaban J connectivity index is 1.49. The largest absolute Gasteiger partial charge is 0.358 e. The van der Waals surface area contributed by atoms with Crippen LogP contribution in [0.1, 0.15) is 55.2 Å². The molecule has 1 aliphatic rings. The van der Waals surface area contributed by atoms with Gasteiger partial charge in [0.25, 0.3) is 0 Å². The predicted octanol–water partition coefficient (Wildman–Crippen LogP) is 4.23. The Hall–Kier alpha value is -3.19. The average Bonchev–Trinajstić information content (AvgIpc) is 3.42. The number of H-pyrrole nitrogens is 1. The molecule has 33 heavy (non-hydrogen) atoms. The predicted molar refractivity (Wildman–Crippen MR) is 132 cm³/mol. The lowest BCUT2D eigenvalue weighted by atomic mass is 9.87. The molecule has 172 valence electrons. The Labute approximate surface area is 194 Å². The van der Waals surface area contributed by atoms with Crippen molar-refractivity contribution < 1.29 is 4.79 Å². The van der Waals surface area contributed by atoms with Crippen LogP contribution in [0, 0.1) is 6.92 Å². The van der Waals surface area contributed by atoms with Crippen molar-refractivity contribution in [1.82, 2.24) is 29.8 Å². The van der Waals surface area contributed by atoms with Gasteiger partial charge in [0.15, 0.2) is 5.65 Å². The normalized spacial score (nSPS) is 15.7. The Bertz CT molecular complexity index is 1310. The Morgan fingerprint density at radius 1 is 1.24 bits per heavy atom. The van der Waals surface area contributed by atoms with E-state index in [9.17, 15) is 4.79 Å². The van der Waals surface area contributed by atoms with Gasteiger partial charge in [-0.2, -0.15) is 0 Å². The molecule has 0 atom stereocenters. The first-order chi connectivity index (χ1) is 15.9. The van der Waals surface area contributed by atoms with E-state index in [-0.39, 0.29) is 5.91 Å². The van der Waals surface area contributed by atoms with E-state index in [2.05, 4.69) is 76.6 Å². The summed E-state index contributed by atoms with van der Waals surface area (Å²) < 4.78 is 1.98. The van der Waals surface area contributed by atoms with Gasteiger partial charge >= 0.3 is 0 Å². The maximum absolute atomic E-state index is 11.7. The van der Waals surface area contributed by atoms with Crippen LogP contribution < -0.4 is 5.32 Å². The van der Waals surface area contributed by atoms with E-state index in [1.165, 1.54) is 38.9 Å². The third-order valence-electron chi connectivity index (χ3n) is 7.05. The van der Waals surface area contributed by atoms with Crippen LogP contribution >= 0.6 is 0 Å². The lowest BCUT2D eigenvalue weighted by molar-refractivity contribution is -0.122. The van der Waals surface area contributed by atoms with Gasteiger partial charge in [0, 0.05) is 29.7 Å². The van der Waals surface area contributed by atoms with Gasteiger partial charge in [0.1, 0.15) is 6.33 Å². The molecule has 1 saturated heterocycles. The molecule has 1 aromatic carbocycles. The molecule has 1 aliphatic heterocycles. The lowest BCUT2D eigenvalue weighted by Crippen LogP contribution is -2.40. The number of piperidine rings is 1. The maximum Gasteiger partial charge on any atom is 0.233 e. The minimum Gasteiger partial charge on any atom is -0.358 e. The number of carbonyl (C=O) groups excluding carboxylic acids is 1. The van der Waals surface area contributed by atoms with Gasteiger partial charge < -0.3 is 10.3 Å². The van der Waals surface area contributed by atoms with E-state index in [0.29, 0.717) is 18.4 Å². The number of hydrogen-bond donors (Lipinski definition) is 2. The van der Waals surface area contributed by atoms with Crippen molar-refractivity contribution in [3.63, 3.8) is 0 Å². The maximum atomic E-state index is 11.7. The number of amides is 1. The number of aromatic amines is 1. The third kappa shape index (κ3) is 4.02. The highest BCUT2D eigenvalue weighted by Gasteiger charge is 2.24. The van der Waals surface area contributed by atoms with Gasteiger partial charge in [0.05, 0.1) is 12.2 Å². The van der Waals surface area contributed by atoms with Crippen LogP contribution in [-0.2, 0) is 4.79 Å². The molecule has 3 aromatic heterocycles. The molecule has 4 aromatic rings. The van der Waals surface area contributed by atoms with Crippen molar-refractivity contribution in [1.29, 1.82) is 0 Å². The number of hydrogen-bond acceptors (Lipinski definition) is 4. The second-order valence-corrected chi connectivity index (χ2v) is 9.56. The number of nitrogens with zero attached hydrogens (tertiary/aromatic N) is 4. The van der Waals surface area contributed by atoms with Gasteiger partial charge in [0.2, 0.25) is 5.91 Å². The van der Waals surface area contributed by atoms with Crippen molar-refractivity contribution in [3.8, 4) is 11.3 Å². The number of aromatic nitrogens is 4. The minimum atomic E-state index is 0.0938. The Kier molecular flexibility index (Phi) is 5.66. The Morgan fingerprint density at radius 3 is 2.76 bits per heavy atom. The number of rotatable bonds is 5. The zero-order valence-electron chi connectivity index (χ0n) is 19.9. The summed E-state index contributed by atoms with van der Waals surface area (Å²) in [6.07, 6.45) is 6.05. The molecule has 1 fully saturated rings. The molecule has 7 heteroatoms. The number of carbonyl (C=O) groups is 1. The topological polar surface area (TPSA) is 78.3 Å². The van der Waals surface area contributed by atoms with Crippen LogP contribution in [-0.4, -0.2) is 57.1 Å². The van der Waals surface area contributed by atoms with E-state index < -0.39 is 0 Å². The molecule has 0 saturated carbocycles. The average molecular weight is 445 g/mol. The monoisotopic (exact) mass is 444 g/mol. The Morgan fingerprint density at radius 2 is 2.03 bits per heavy atom. The minimum absolute atomic E-state index is 0.0938. The van der Waals surface area contributed by atoms with Crippen LogP contribution in [0.4, 0.5) is 0 Å². The fourth-order valence-corrected chi connectivity index (χ4v) is 5.23. The van der Waals surface area contributed by atoms with Crippen LogP contribution in [0.25, 0.3) is 27.8 Å².